The zero-order valence-corrected chi connectivity index (χ0v) is 6.10. The number of allylic oxidation sites excluding steroid dienone is 2. The summed E-state index contributed by atoms with van der Waals surface area (Å²) in [7, 11) is 0. The Kier molecular flexibility index (Phi) is 1.56. The average molecular weight is 123 g/mol. The first kappa shape index (κ1) is 6.33. The van der Waals surface area contributed by atoms with Crippen LogP contribution in [0.2, 0.25) is 0 Å². The van der Waals surface area contributed by atoms with Gasteiger partial charge in [0, 0.05) is 0 Å². The van der Waals surface area contributed by atoms with E-state index in [9.17, 15) is 0 Å². The maximum absolute atomic E-state index is 3.94. The van der Waals surface area contributed by atoms with Crippen molar-refractivity contribution in [2.45, 2.75) is 27.2 Å². The molecule has 0 fully saturated rings. The van der Waals surface area contributed by atoms with Crippen molar-refractivity contribution in [2.75, 3.05) is 0 Å². The molecular weight excluding hydrogens is 112 g/mol. The molecule has 0 aromatic carbocycles. The van der Waals surface area contributed by atoms with Gasteiger partial charge in [-0.25, -0.2) is 0 Å². The Labute approximate surface area is 55.6 Å². The van der Waals surface area contributed by atoms with Crippen molar-refractivity contribution in [3.63, 3.8) is 0 Å². The van der Waals surface area contributed by atoms with Crippen molar-refractivity contribution in [1.82, 2.24) is 5.43 Å². The van der Waals surface area contributed by atoms with Crippen LogP contribution >= 0.6 is 0 Å². The molecule has 0 aliphatic carbocycles. The summed E-state index contributed by atoms with van der Waals surface area (Å²) < 4.78 is 0. The molecule has 0 aromatic rings. The highest BCUT2D eigenvalue weighted by molar-refractivity contribution is 5.99. The van der Waals surface area contributed by atoms with Crippen LogP contribution in [0.1, 0.15) is 27.2 Å². The first-order valence-electron chi connectivity index (χ1n) is 3.21. The fourth-order valence-corrected chi connectivity index (χ4v) is 1.04. The van der Waals surface area contributed by atoms with E-state index in [1.807, 2.05) is 13.8 Å². The monoisotopic (exact) mass is 123 g/mol. The Morgan fingerprint density at radius 3 is 2.22 bits per heavy atom. The molecule has 0 bridgehead atoms. The van der Waals surface area contributed by atoms with Gasteiger partial charge in [-0.1, -0.05) is 6.92 Å². The predicted octanol–water partition coefficient (Wildman–Crippen LogP) is 1.66. The van der Waals surface area contributed by atoms with Crippen molar-refractivity contribution >= 4 is 5.71 Å². The normalized spacial score (nSPS) is 17.9. The van der Waals surface area contributed by atoms with Crippen LogP contribution in [-0.2, 0) is 0 Å². The lowest BCUT2D eigenvalue weighted by Crippen LogP contribution is -1.92. The molecule has 1 heterocycles. The summed E-state index contributed by atoms with van der Waals surface area (Å²) in [6.45, 7) is 6.12. The lowest BCUT2D eigenvalue weighted by molar-refractivity contribution is 0.884. The maximum Gasteiger partial charge on any atom is 0.0650 e. The molecule has 0 spiro atoms. The summed E-state index contributed by atoms with van der Waals surface area (Å²) in [4.78, 5) is 0. The fourth-order valence-electron chi connectivity index (χ4n) is 1.04. The van der Waals surface area contributed by atoms with E-state index >= 15 is 0 Å². The number of hydrogen-bond donors (Lipinski definition) is 0. The van der Waals surface area contributed by atoms with Gasteiger partial charge in [0.2, 0.25) is 0 Å². The summed E-state index contributed by atoms with van der Waals surface area (Å²) in [5, 5.41) is 3.94. The first-order chi connectivity index (χ1) is 4.25. The third-order valence-corrected chi connectivity index (χ3v) is 1.58. The van der Waals surface area contributed by atoms with Crippen LogP contribution < -0.4 is 5.43 Å². The fraction of sp³-hybridized carbons (Fsp3) is 0.571. The van der Waals surface area contributed by atoms with Crippen LogP contribution in [0.4, 0.5) is 0 Å². The van der Waals surface area contributed by atoms with E-state index in [1.165, 1.54) is 5.57 Å². The third-order valence-electron chi connectivity index (χ3n) is 1.58. The molecular formula is C7H11N2. The number of nitrogens with zero attached hydrogens (tertiary/aromatic N) is 2. The minimum absolute atomic E-state index is 1.05. The number of hydrogen-bond acceptors (Lipinski definition) is 1. The summed E-state index contributed by atoms with van der Waals surface area (Å²) >= 11 is 0. The van der Waals surface area contributed by atoms with Gasteiger partial charge in [-0.2, -0.15) is 10.5 Å². The zero-order valence-electron chi connectivity index (χ0n) is 6.10. The zero-order chi connectivity index (χ0) is 6.85. The Bertz CT molecular complexity index is 177. The van der Waals surface area contributed by atoms with Gasteiger partial charge < -0.3 is 0 Å². The van der Waals surface area contributed by atoms with Crippen molar-refractivity contribution in [1.29, 1.82) is 0 Å². The van der Waals surface area contributed by atoms with Crippen molar-refractivity contribution in [3.05, 3.63) is 11.3 Å². The molecule has 1 aliphatic rings. The van der Waals surface area contributed by atoms with Gasteiger partial charge in [0.05, 0.1) is 11.4 Å². The molecule has 0 saturated heterocycles. The average Bonchev–Trinajstić information content (AvgIpc) is 2.12. The Morgan fingerprint density at radius 1 is 1.33 bits per heavy atom. The predicted molar refractivity (Wildman–Crippen MR) is 38.2 cm³/mol. The van der Waals surface area contributed by atoms with Gasteiger partial charge in [-0.3, -0.25) is 0 Å². The first-order valence-corrected chi connectivity index (χ1v) is 3.21. The summed E-state index contributed by atoms with van der Waals surface area (Å²) in [6.07, 6.45) is 1.05. The Morgan fingerprint density at radius 2 is 2.00 bits per heavy atom. The van der Waals surface area contributed by atoms with E-state index in [0.717, 1.165) is 17.8 Å². The molecule has 0 unspecified atom stereocenters. The van der Waals surface area contributed by atoms with Gasteiger partial charge in [-0.05, 0) is 25.8 Å². The molecule has 1 aliphatic heterocycles. The van der Waals surface area contributed by atoms with Crippen LogP contribution in [0.5, 0.6) is 0 Å². The van der Waals surface area contributed by atoms with E-state index in [4.69, 9.17) is 0 Å². The SMILES string of the molecule is CCC1=C(C)[N]N=C1C. The molecule has 0 saturated carbocycles. The highest BCUT2D eigenvalue weighted by Crippen LogP contribution is 2.14. The van der Waals surface area contributed by atoms with E-state index in [-0.39, 0.29) is 0 Å². The van der Waals surface area contributed by atoms with E-state index < -0.39 is 0 Å². The van der Waals surface area contributed by atoms with Crippen molar-refractivity contribution in [2.24, 2.45) is 5.10 Å². The second kappa shape index (κ2) is 2.21. The van der Waals surface area contributed by atoms with Gasteiger partial charge in [0.15, 0.2) is 0 Å². The number of rotatable bonds is 1. The van der Waals surface area contributed by atoms with E-state index in [2.05, 4.69) is 17.5 Å². The standard InChI is InChI=1S/C7H11N2/c1-4-7-5(2)8-9-6(7)3/h4H2,1-3H3. The Hall–Kier alpha value is -0.790. The summed E-state index contributed by atoms with van der Waals surface area (Å²) in [6, 6.07) is 0. The third kappa shape index (κ3) is 0.969. The van der Waals surface area contributed by atoms with Gasteiger partial charge >= 0.3 is 0 Å². The minimum atomic E-state index is 1.05. The van der Waals surface area contributed by atoms with Crippen LogP contribution in [0, 0.1) is 0 Å². The molecule has 0 amide bonds. The highest BCUT2D eigenvalue weighted by Gasteiger charge is 2.10. The summed E-state index contributed by atoms with van der Waals surface area (Å²) in [5.74, 6) is 0. The molecule has 0 atom stereocenters. The van der Waals surface area contributed by atoms with Crippen LogP contribution in [0.15, 0.2) is 16.4 Å². The summed E-state index contributed by atoms with van der Waals surface area (Å²) in [5.41, 5.74) is 7.40. The highest BCUT2D eigenvalue weighted by atomic mass is 15.3. The quantitative estimate of drug-likeness (QED) is 0.507. The van der Waals surface area contributed by atoms with Crippen LogP contribution in [0.25, 0.3) is 0 Å². The largest absolute Gasteiger partial charge is 0.155 e. The lowest BCUT2D eigenvalue weighted by atomic mass is 10.1. The molecule has 1 radical (unpaired) electrons. The second-order valence-corrected chi connectivity index (χ2v) is 2.20. The molecule has 49 valence electrons. The van der Waals surface area contributed by atoms with Crippen molar-refractivity contribution in [3.8, 4) is 0 Å². The second-order valence-electron chi connectivity index (χ2n) is 2.20. The van der Waals surface area contributed by atoms with Crippen LogP contribution in [-0.4, -0.2) is 5.71 Å². The van der Waals surface area contributed by atoms with Gasteiger partial charge in [0.25, 0.3) is 0 Å². The van der Waals surface area contributed by atoms with E-state index in [0.29, 0.717) is 0 Å². The van der Waals surface area contributed by atoms with Crippen LogP contribution in [0.3, 0.4) is 0 Å². The maximum atomic E-state index is 3.94. The molecule has 1 rings (SSSR count). The molecule has 0 N–H and O–H groups in total. The Balaban J connectivity index is 2.83. The molecule has 2 nitrogen and oxygen atoms in total. The smallest absolute Gasteiger partial charge is 0.0650 e. The molecule has 9 heavy (non-hydrogen) atoms. The van der Waals surface area contributed by atoms with Gasteiger partial charge in [0.1, 0.15) is 0 Å². The lowest BCUT2D eigenvalue weighted by Gasteiger charge is -1.94. The minimum Gasteiger partial charge on any atom is -0.155 e. The molecule has 2 heteroatoms. The molecule has 0 aromatic heterocycles. The van der Waals surface area contributed by atoms with Crippen molar-refractivity contribution < 1.29 is 0 Å². The van der Waals surface area contributed by atoms with E-state index in [1.54, 1.807) is 0 Å². The van der Waals surface area contributed by atoms with Gasteiger partial charge in [-0.15, -0.1) is 0 Å². The topological polar surface area (TPSA) is 26.5 Å².